The Morgan fingerprint density at radius 1 is 0.862 bits per heavy atom. The van der Waals surface area contributed by atoms with Crippen LogP contribution in [-0.4, -0.2) is 35.1 Å². The number of nitrogens with zero attached hydrogens (tertiary/aromatic N) is 3. The quantitative estimate of drug-likeness (QED) is 0.346. The van der Waals surface area contributed by atoms with E-state index in [1.54, 1.807) is 0 Å². The molecule has 2 aromatic carbocycles. The van der Waals surface area contributed by atoms with E-state index >= 15 is 0 Å². The fourth-order valence-corrected chi connectivity index (χ4v) is 3.92. The van der Waals surface area contributed by atoms with Crippen LogP contribution >= 0.6 is 23.2 Å². The fraction of sp³-hybridized carbons (Fsp3) is 0.208. The second-order valence-electron chi connectivity index (χ2n) is 7.52. The van der Waals surface area contributed by atoms with E-state index in [1.165, 1.54) is 10.9 Å². The van der Waals surface area contributed by atoms with Gasteiger partial charge in [-0.25, -0.2) is 0 Å². The van der Waals surface area contributed by atoms with Gasteiger partial charge in [0, 0.05) is 57.3 Å². The number of benzene rings is 2. The van der Waals surface area contributed by atoms with E-state index in [1.807, 2.05) is 48.8 Å². The lowest BCUT2D eigenvalue weighted by Crippen LogP contribution is -2.14. The van der Waals surface area contributed by atoms with Crippen LogP contribution in [0.5, 0.6) is 0 Å². The van der Waals surface area contributed by atoms with Crippen molar-refractivity contribution in [2.45, 2.75) is 13.0 Å². The Bertz CT molecular complexity index is 1130. The Morgan fingerprint density at radius 3 is 2.34 bits per heavy atom. The van der Waals surface area contributed by atoms with Crippen molar-refractivity contribution < 1.29 is 0 Å². The van der Waals surface area contributed by atoms with E-state index in [9.17, 15) is 0 Å². The molecule has 148 valence electrons. The van der Waals surface area contributed by atoms with Crippen molar-refractivity contribution in [1.29, 1.82) is 0 Å². The Balaban J connectivity index is 1.75. The third kappa shape index (κ3) is 4.48. The zero-order valence-corrected chi connectivity index (χ0v) is 18.1. The molecule has 0 radical (unpaired) electrons. The standard InChI is InChI=1S/C24H23Cl2N3/c1-28(2)10-3-11-29-16-23(22-9-8-21(26)13-24(22)29)19-12-18(14-27-15-19)17-4-6-20(25)7-5-17/h4-9,12-16H,3,10-11H2,1-2H3. The van der Waals surface area contributed by atoms with Crippen molar-refractivity contribution in [2.75, 3.05) is 20.6 Å². The van der Waals surface area contributed by atoms with Crippen molar-refractivity contribution in [2.24, 2.45) is 0 Å². The van der Waals surface area contributed by atoms with Crippen molar-refractivity contribution in [3.05, 3.63) is 77.2 Å². The van der Waals surface area contributed by atoms with Gasteiger partial charge in [-0.3, -0.25) is 4.98 Å². The number of hydrogen-bond donors (Lipinski definition) is 0. The number of aryl methyl sites for hydroxylation is 1. The van der Waals surface area contributed by atoms with Crippen LogP contribution in [0, 0.1) is 0 Å². The number of hydrogen-bond acceptors (Lipinski definition) is 2. The Morgan fingerprint density at radius 2 is 1.59 bits per heavy atom. The minimum Gasteiger partial charge on any atom is -0.347 e. The molecule has 5 heteroatoms. The van der Waals surface area contributed by atoms with E-state index < -0.39 is 0 Å². The molecule has 3 nitrogen and oxygen atoms in total. The van der Waals surface area contributed by atoms with Gasteiger partial charge in [0.05, 0.1) is 5.52 Å². The first-order valence-corrected chi connectivity index (χ1v) is 10.4. The summed E-state index contributed by atoms with van der Waals surface area (Å²) in [6.45, 7) is 1.99. The molecule has 0 saturated carbocycles. The van der Waals surface area contributed by atoms with Crippen LogP contribution in [0.3, 0.4) is 0 Å². The largest absolute Gasteiger partial charge is 0.347 e. The minimum atomic E-state index is 0.732. The number of pyridine rings is 1. The SMILES string of the molecule is CN(C)CCCn1cc(-c2cncc(-c3ccc(Cl)cc3)c2)c2ccc(Cl)cc21. The molecule has 29 heavy (non-hydrogen) atoms. The van der Waals surface area contributed by atoms with Crippen LogP contribution in [0.25, 0.3) is 33.2 Å². The molecule has 0 bridgehead atoms. The zero-order valence-electron chi connectivity index (χ0n) is 16.6. The lowest BCUT2D eigenvalue weighted by atomic mass is 10.0. The first-order valence-electron chi connectivity index (χ1n) is 9.66. The van der Waals surface area contributed by atoms with Crippen LogP contribution in [0.15, 0.2) is 67.1 Å². The van der Waals surface area contributed by atoms with Crippen molar-refractivity contribution in [3.63, 3.8) is 0 Å². The van der Waals surface area contributed by atoms with Crippen LogP contribution in [0.4, 0.5) is 0 Å². The van der Waals surface area contributed by atoms with E-state index in [4.69, 9.17) is 23.2 Å². The first-order chi connectivity index (χ1) is 14.0. The van der Waals surface area contributed by atoms with Gasteiger partial charge < -0.3 is 9.47 Å². The third-order valence-electron chi connectivity index (χ3n) is 5.08. The lowest BCUT2D eigenvalue weighted by Gasteiger charge is -2.10. The van der Waals surface area contributed by atoms with Crippen LogP contribution in [0.1, 0.15) is 6.42 Å². The van der Waals surface area contributed by atoms with Crippen molar-refractivity contribution in [3.8, 4) is 22.3 Å². The molecular weight excluding hydrogens is 401 g/mol. The van der Waals surface area contributed by atoms with Gasteiger partial charge in [-0.1, -0.05) is 41.4 Å². The summed E-state index contributed by atoms with van der Waals surface area (Å²) in [7, 11) is 4.20. The summed E-state index contributed by atoms with van der Waals surface area (Å²) >= 11 is 12.3. The van der Waals surface area contributed by atoms with E-state index in [0.29, 0.717) is 0 Å². The summed E-state index contributed by atoms with van der Waals surface area (Å²) in [5.74, 6) is 0. The van der Waals surface area contributed by atoms with Crippen LogP contribution < -0.4 is 0 Å². The van der Waals surface area contributed by atoms with Crippen LogP contribution in [-0.2, 0) is 6.54 Å². The number of halogens is 2. The lowest BCUT2D eigenvalue weighted by molar-refractivity contribution is 0.388. The molecule has 4 rings (SSSR count). The first kappa shape index (κ1) is 20.0. The minimum absolute atomic E-state index is 0.732. The monoisotopic (exact) mass is 423 g/mol. The Labute approximate surface area is 181 Å². The Kier molecular flexibility index (Phi) is 5.91. The molecule has 0 aliphatic carbocycles. The summed E-state index contributed by atoms with van der Waals surface area (Å²) in [5.41, 5.74) is 5.59. The van der Waals surface area contributed by atoms with Crippen LogP contribution in [0.2, 0.25) is 10.0 Å². The maximum Gasteiger partial charge on any atom is 0.0501 e. The molecule has 0 amide bonds. The Hall–Kier alpha value is -2.33. The van der Waals surface area contributed by atoms with E-state index in [0.717, 1.165) is 51.8 Å². The highest BCUT2D eigenvalue weighted by atomic mass is 35.5. The normalized spacial score (nSPS) is 11.5. The number of aromatic nitrogens is 2. The van der Waals surface area contributed by atoms with Gasteiger partial charge in [-0.2, -0.15) is 0 Å². The molecule has 0 fully saturated rings. The predicted octanol–water partition coefficient (Wildman–Crippen LogP) is 6.63. The zero-order chi connectivity index (χ0) is 20.4. The average Bonchev–Trinajstić information content (AvgIpc) is 3.06. The van der Waals surface area contributed by atoms with Gasteiger partial charge in [0.15, 0.2) is 0 Å². The molecule has 0 N–H and O–H groups in total. The van der Waals surface area contributed by atoms with Gasteiger partial charge >= 0.3 is 0 Å². The topological polar surface area (TPSA) is 21.1 Å². The average molecular weight is 424 g/mol. The maximum atomic E-state index is 6.30. The highest BCUT2D eigenvalue weighted by Gasteiger charge is 2.12. The molecule has 2 heterocycles. The summed E-state index contributed by atoms with van der Waals surface area (Å²) in [6, 6.07) is 16.1. The second kappa shape index (κ2) is 8.58. The maximum absolute atomic E-state index is 6.30. The van der Waals surface area contributed by atoms with Gasteiger partial charge in [-0.15, -0.1) is 0 Å². The fourth-order valence-electron chi connectivity index (χ4n) is 3.62. The number of fused-ring (bicyclic) bond motifs is 1. The van der Waals surface area contributed by atoms with Crippen molar-refractivity contribution >= 4 is 34.1 Å². The molecule has 0 spiro atoms. The third-order valence-corrected chi connectivity index (χ3v) is 5.56. The van der Waals surface area contributed by atoms with E-state index in [2.05, 4.69) is 46.9 Å². The molecule has 0 aliphatic heterocycles. The summed E-state index contributed by atoms with van der Waals surface area (Å²) < 4.78 is 2.30. The van der Waals surface area contributed by atoms with Gasteiger partial charge in [0.25, 0.3) is 0 Å². The smallest absolute Gasteiger partial charge is 0.0501 e. The second-order valence-corrected chi connectivity index (χ2v) is 8.40. The van der Waals surface area contributed by atoms with Gasteiger partial charge in [0.2, 0.25) is 0 Å². The summed E-state index contributed by atoms with van der Waals surface area (Å²) in [4.78, 5) is 6.71. The molecule has 0 atom stereocenters. The molecule has 2 aromatic heterocycles. The molecule has 0 unspecified atom stereocenters. The van der Waals surface area contributed by atoms with E-state index in [-0.39, 0.29) is 0 Å². The molecule has 0 aliphatic rings. The molecule has 4 aromatic rings. The van der Waals surface area contributed by atoms with Gasteiger partial charge in [0.1, 0.15) is 0 Å². The summed E-state index contributed by atoms with van der Waals surface area (Å²) in [6.07, 6.45) is 7.11. The van der Waals surface area contributed by atoms with Crippen molar-refractivity contribution in [1.82, 2.24) is 14.5 Å². The molecular formula is C24H23Cl2N3. The number of rotatable bonds is 6. The summed E-state index contributed by atoms with van der Waals surface area (Å²) in [5, 5.41) is 2.67. The highest BCUT2D eigenvalue weighted by molar-refractivity contribution is 6.31. The predicted molar refractivity (Wildman–Crippen MR) is 124 cm³/mol. The molecule has 0 saturated heterocycles. The van der Waals surface area contributed by atoms with Gasteiger partial charge in [-0.05, 0) is 63.0 Å². The highest BCUT2D eigenvalue weighted by Crippen LogP contribution is 2.34.